The van der Waals surface area contributed by atoms with Crippen LogP contribution in [0.3, 0.4) is 0 Å². The minimum Gasteiger partial charge on any atom is -0.489 e. The van der Waals surface area contributed by atoms with Gasteiger partial charge >= 0.3 is 0 Å². The standard InChI is InChI=1S/C19H22FNO6S2/c1-13-5-7-17(18(10-13)27-12-14-4-3-9-26-14)21-29(24,25)15-6-8-19(16(20)11-15)28(2,22)23/h5-8,10-11,14,21H,3-4,9,12H2,1-2H3. The first-order valence-electron chi connectivity index (χ1n) is 8.94. The van der Waals surface area contributed by atoms with Crippen LogP contribution in [0, 0.1) is 12.7 Å². The Hall–Kier alpha value is -2.17. The molecule has 7 nitrogen and oxygen atoms in total. The van der Waals surface area contributed by atoms with Gasteiger partial charge < -0.3 is 9.47 Å². The van der Waals surface area contributed by atoms with Crippen molar-refractivity contribution < 1.29 is 30.7 Å². The lowest BCUT2D eigenvalue weighted by Crippen LogP contribution is -2.18. The molecule has 1 heterocycles. The van der Waals surface area contributed by atoms with E-state index < -0.39 is 35.5 Å². The van der Waals surface area contributed by atoms with Crippen LogP contribution in [0.4, 0.5) is 10.1 Å². The second kappa shape index (κ2) is 8.29. The van der Waals surface area contributed by atoms with Crippen molar-refractivity contribution in [3.8, 4) is 5.75 Å². The summed E-state index contributed by atoms with van der Waals surface area (Å²) in [5.74, 6) is -0.800. The summed E-state index contributed by atoms with van der Waals surface area (Å²) in [5.41, 5.74) is 1.07. The smallest absolute Gasteiger partial charge is 0.262 e. The predicted octanol–water partition coefficient (Wildman–Crippen LogP) is 2.90. The Balaban J connectivity index is 1.85. The molecular weight excluding hydrogens is 421 g/mol. The zero-order chi connectivity index (χ0) is 21.2. The van der Waals surface area contributed by atoms with Crippen molar-refractivity contribution in [3.05, 3.63) is 47.8 Å². The van der Waals surface area contributed by atoms with Gasteiger partial charge in [-0.05, 0) is 55.7 Å². The predicted molar refractivity (Wildman–Crippen MR) is 106 cm³/mol. The van der Waals surface area contributed by atoms with Crippen LogP contribution in [0.2, 0.25) is 0 Å². The Labute approximate surface area is 169 Å². The highest BCUT2D eigenvalue weighted by Gasteiger charge is 2.22. The number of halogens is 1. The van der Waals surface area contributed by atoms with Gasteiger partial charge in [-0.15, -0.1) is 0 Å². The van der Waals surface area contributed by atoms with Crippen LogP contribution in [0.5, 0.6) is 5.75 Å². The van der Waals surface area contributed by atoms with Crippen LogP contribution >= 0.6 is 0 Å². The number of sulfone groups is 1. The Morgan fingerprint density at radius 2 is 1.93 bits per heavy atom. The molecule has 0 aliphatic carbocycles. The van der Waals surface area contributed by atoms with E-state index in [0.29, 0.717) is 18.4 Å². The fourth-order valence-corrected chi connectivity index (χ4v) is 4.76. The molecule has 1 atom stereocenters. The zero-order valence-corrected chi connectivity index (χ0v) is 17.6. The summed E-state index contributed by atoms with van der Waals surface area (Å²) in [5, 5.41) is 0. The van der Waals surface area contributed by atoms with Crippen molar-refractivity contribution in [1.29, 1.82) is 0 Å². The average molecular weight is 444 g/mol. The summed E-state index contributed by atoms with van der Waals surface area (Å²) < 4.78 is 76.3. The fraction of sp³-hybridized carbons (Fsp3) is 0.368. The fourth-order valence-electron chi connectivity index (χ4n) is 2.94. The number of sulfonamides is 1. The minimum atomic E-state index is -4.17. The average Bonchev–Trinajstić information content (AvgIpc) is 3.14. The van der Waals surface area contributed by atoms with Crippen molar-refractivity contribution in [2.45, 2.75) is 35.7 Å². The molecule has 0 aromatic heterocycles. The lowest BCUT2D eigenvalue weighted by molar-refractivity contribution is 0.0682. The first kappa shape index (κ1) is 21.5. The van der Waals surface area contributed by atoms with Crippen molar-refractivity contribution >= 4 is 25.5 Å². The molecular formula is C19H22FNO6S2. The van der Waals surface area contributed by atoms with Gasteiger partial charge in [0.25, 0.3) is 10.0 Å². The maximum atomic E-state index is 14.1. The van der Waals surface area contributed by atoms with Crippen LogP contribution in [0.15, 0.2) is 46.2 Å². The number of hydrogen-bond acceptors (Lipinski definition) is 6. The Bertz CT molecular complexity index is 1110. The highest BCUT2D eigenvalue weighted by atomic mass is 32.2. The molecule has 0 amide bonds. The van der Waals surface area contributed by atoms with Crippen LogP contribution in [-0.2, 0) is 24.6 Å². The van der Waals surface area contributed by atoms with E-state index in [-0.39, 0.29) is 18.4 Å². The van der Waals surface area contributed by atoms with E-state index in [2.05, 4.69) is 4.72 Å². The Morgan fingerprint density at radius 3 is 2.55 bits per heavy atom. The molecule has 10 heteroatoms. The Kier molecular flexibility index (Phi) is 6.16. The molecule has 2 aromatic rings. The third kappa shape index (κ3) is 5.26. The lowest BCUT2D eigenvalue weighted by Gasteiger charge is -2.17. The molecule has 1 fully saturated rings. The molecule has 0 bridgehead atoms. The summed E-state index contributed by atoms with van der Waals surface area (Å²) in [6, 6.07) is 7.62. The van der Waals surface area contributed by atoms with Gasteiger partial charge in [0.2, 0.25) is 0 Å². The highest BCUT2D eigenvalue weighted by molar-refractivity contribution is 7.92. The number of aryl methyl sites for hydroxylation is 1. The van der Waals surface area contributed by atoms with Crippen LogP contribution in [-0.4, -0.2) is 42.4 Å². The second-order valence-electron chi connectivity index (χ2n) is 6.92. The van der Waals surface area contributed by atoms with Gasteiger partial charge in [0.1, 0.15) is 23.1 Å². The van der Waals surface area contributed by atoms with Crippen molar-refractivity contribution in [3.63, 3.8) is 0 Å². The SMILES string of the molecule is Cc1ccc(NS(=O)(=O)c2ccc(S(C)(=O)=O)c(F)c2)c(OCC2CCCO2)c1. The molecule has 0 radical (unpaired) electrons. The van der Waals surface area contributed by atoms with E-state index >= 15 is 0 Å². The summed E-state index contributed by atoms with van der Waals surface area (Å²) in [4.78, 5) is -0.958. The normalized spacial score (nSPS) is 17.3. The molecule has 0 saturated carbocycles. The number of hydrogen-bond donors (Lipinski definition) is 1. The van der Waals surface area contributed by atoms with E-state index in [4.69, 9.17) is 9.47 Å². The first-order valence-corrected chi connectivity index (χ1v) is 12.3. The third-order valence-corrected chi connectivity index (χ3v) is 6.94. The molecule has 2 aromatic carbocycles. The number of benzene rings is 2. The molecule has 1 N–H and O–H groups in total. The molecule has 1 aliphatic heterocycles. The third-order valence-electron chi connectivity index (χ3n) is 4.44. The van der Waals surface area contributed by atoms with Crippen molar-refractivity contribution in [2.24, 2.45) is 0 Å². The number of anilines is 1. The van der Waals surface area contributed by atoms with Gasteiger partial charge in [0.05, 0.1) is 16.7 Å². The minimum absolute atomic E-state index is 0.0439. The molecule has 3 rings (SSSR count). The second-order valence-corrected chi connectivity index (χ2v) is 10.6. The van der Waals surface area contributed by atoms with Crippen LogP contribution in [0.25, 0.3) is 0 Å². The topological polar surface area (TPSA) is 98.8 Å². The van der Waals surface area contributed by atoms with E-state index in [0.717, 1.165) is 36.8 Å². The maximum Gasteiger partial charge on any atom is 0.262 e. The summed E-state index contributed by atoms with van der Waals surface area (Å²) in [6.45, 7) is 2.81. The summed E-state index contributed by atoms with van der Waals surface area (Å²) >= 11 is 0. The summed E-state index contributed by atoms with van der Waals surface area (Å²) in [6.07, 6.45) is 2.63. The van der Waals surface area contributed by atoms with Crippen LogP contribution < -0.4 is 9.46 Å². The molecule has 1 aliphatic rings. The van der Waals surface area contributed by atoms with Gasteiger partial charge in [0, 0.05) is 12.9 Å². The number of nitrogens with one attached hydrogen (secondary N) is 1. The van der Waals surface area contributed by atoms with E-state index in [9.17, 15) is 21.2 Å². The van der Waals surface area contributed by atoms with Gasteiger partial charge in [-0.2, -0.15) is 0 Å². The van der Waals surface area contributed by atoms with E-state index in [1.807, 2.05) is 6.92 Å². The Morgan fingerprint density at radius 1 is 1.17 bits per heavy atom. The largest absolute Gasteiger partial charge is 0.489 e. The lowest BCUT2D eigenvalue weighted by atomic mass is 10.2. The van der Waals surface area contributed by atoms with Crippen molar-refractivity contribution in [2.75, 3.05) is 24.2 Å². The first-order chi connectivity index (χ1) is 13.6. The van der Waals surface area contributed by atoms with Crippen molar-refractivity contribution in [1.82, 2.24) is 0 Å². The monoisotopic (exact) mass is 443 g/mol. The van der Waals surface area contributed by atoms with Crippen LogP contribution in [0.1, 0.15) is 18.4 Å². The number of rotatable bonds is 7. The highest BCUT2D eigenvalue weighted by Crippen LogP contribution is 2.30. The molecule has 158 valence electrons. The van der Waals surface area contributed by atoms with Gasteiger partial charge in [0.15, 0.2) is 9.84 Å². The molecule has 1 unspecified atom stereocenters. The van der Waals surface area contributed by atoms with E-state index in [1.54, 1.807) is 18.2 Å². The molecule has 0 spiro atoms. The quantitative estimate of drug-likeness (QED) is 0.707. The number of ether oxygens (including phenoxy) is 2. The molecule has 29 heavy (non-hydrogen) atoms. The summed E-state index contributed by atoms with van der Waals surface area (Å²) in [7, 11) is -7.97. The maximum absolute atomic E-state index is 14.1. The van der Waals surface area contributed by atoms with E-state index in [1.165, 1.54) is 0 Å². The zero-order valence-electron chi connectivity index (χ0n) is 16.0. The van der Waals surface area contributed by atoms with Gasteiger partial charge in [-0.1, -0.05) is 6.07 Å². The molecule has 1 saturated heterocycles. The van der Waals surface area contributed by atoms with Gasteiger partial charge in [-0.25, -0.2) is 21.2 Å². The van der Waals surface area contributed by atoms with Gasteiger partial charge in [-0.3, -0.25) is 4.72 Å².